The van der Waals surface area contributed by atoms with E-state index in [9.17, 15) is 4.79 Å². The Bertz CT molecular complexity index is 1140. The Labute approximate surface area is 159 Å². The number of para-hydroxylation sites is 2. The molecule has 0 bridgehead atoms. The Hall–Kier alpha value is -2.85. The van der Waals surface area contributed by atoms with Gasteiger partial charge in [-0.05, 0) is 42.0 Å². The monoisotopic (exact) mass is 402 g/mol. The van der Waals surface area contributed by atoms with Gasteiger partial charge in [0, 0.05) is 15.5 Å². The Balaban J connectivity index is 1.82. The number of nitrogens with one attached hydrogen (secondary N) is 1. The van der Waals surface area contributed by atoms with Gasteiger partial charge in [0.2, 0.25) is 0 Å². The van der Waals surface area contributed by atoms with Crippen molar-refractivity contribution in [2.24, 2.45) is 0 Å². The number of hydrogen-bond donors (Lipinski definition) is 1. The molecule has 0 spiro atoms. The number of carbonyl (C=O) groups is 1. The molecule has 0 saturated heterocycles. The first kappa shape index (κ1) is 15.4. The molecule has 1 unspecified atom stereocenters. The zero-order chi connectivity index (χ0) is 17.7. The first-order valence-corrected chi connectivity index (χ1v) is 9.28. The number of benzene rings is 3. The number of fused-ring (bicyclic) bond motifs is 4. The topological polar surface area (TPSA) is 34.0 Å². The Morgan fingerprint density at radius 2 is 1.62 bits per heavy atom. The van der Waals surface area contributed by atoms with Crippen LogP contribution in [0.1, 0.15) is 27.7 Å². The van der Waals surface area contributed by atoms with Crippen LogP contribution in [-0.4, -0.2) is 10.5 Å². The van der Waals surface area contributed by atoms with Gasteiger partial charge in [-0.1, -0.05) is 58.4 Å². The third-order valence-electron chi connectivity index (χ3n) is 4.90. The van der Waals surface area contributed by atoms with Gasteiger partial charge >= 0.3 is 0 Å². The minimum Gasteiger partial charge on any atom is -0.372 e. The minimum atomic E-state index is -0.108. The lowest BCUT2D eigenvalue weighted by Crippen LogP contribution is -2.16. The molecule has 5 rings (SSSR count). The van der Waals surface area contributed by atoms with Crippen molar-refractivity contribution < 1.29 is 4.79 Å². The number of rotatable bonds is 1. The van der Waals surface area contributed by atoms with Gasteiger partial charge in [-0.2, -0.15) is 0 Å². The van der Waals surface area contributed by atoms with E-state index in [2.05, 4.69) is 45.5 Å². The summed E-state index contributed by atoms with van der Waals surface area (Å²) in [4.78, 5) is 13.3. The van der Waals surface area contributed by atoms with Crippen molar-refractivity contribution in [2.75, 3.05) is 5.32 Å². The highest BCUT2D eigenvalue weighted by Crippen LogP contribution is 2.36. The third kappa shape index (κ3) is 2.30. The van der Waals surface area contributed by atoms with Gasteiger partial charge in [0.05, 0.1) is 22.8 Å². The normalized spacial score (nSPS) is 15.9. The largest absolute Gasteiger partial charge is 0.372 e. The van der Waals surface area contributed by atoms with Gasteiger partial charge in [0.15, 0.2) is 0 Å². The van der Waals surface area contributed by atoms with Crippen LogP contribution in [0.4, 0.5) is 5.69 Å². The second kappa shape index (κ2) is 5.85. The highest BCUT2D eigenvalue weighted by Gasteiger charge is 2.29. The molecule has 1 aliphatic heterocycles. The predicted octanol–water partition coefficient (Wildman–Crippen LogP) is 5.61. The van der Waals surface area contributed by atoms with Crippen LogP contribution >= 0.6 is 15.9 Å². The van der Waals surface area contributed by atoms with E-state index in [1.807, 2.05) is 59.2 Å². The second-order valence-corrected chi connectivity index (χ2v) is 7.36. The van der Waals surface area contributed by atoms with E-state index in [1.54, 1.807) is 0 Å². The summed E-state index contributed by atoms with van der Waals surface area (Å²) in [5.74, 6) is 0.00362. The van der Waals surface area contributed by atoms with Gasteiger partial charge in [-0.15, -0.1) is 0 Å². The van der Waals surface area contributed by atoms with Crippen LogP contribution in [0, 0.1) is 0 Å². The number of anilines is 1. The summed E-state index contributed by atoms with van der Waals surface area (Å²) >= 11 is 3.50. The lowest BCUT2D eigenvalue weighted by Gasteiger charge is -2.19. The zero-order valence-electron chi connectivity index (χ0n) is 13.8. The van der Waals surface area contributed by atoms with E-state index in [1.165, 1.54) is 0 Å². The van der Waals surface area contributed by atoms with Crippen LogP contribution in [0.2, 0.25) is 0 Å². The van der Waals surface area contributed by atoms with Crippen molar-refractivity contribution in [3.05, 3.63) is 100 Å². The number of carbonyl (C=O) groups excluding carboxylic acids is 1. The average Bonchev–Trinajstić information content (AvgIpc) is 3.00. The summed E-state index contributed by atoms with van der Waals surface area (Å²) in [5, 5.41) is 4.65. The summed E-state index contributed by atoms with van der Waals surface area (Å²) in [5.41, 5.74) is 4.55. The summed E-state index contributed by atoms with van der Waals surface area (Å²) in [6.45, 7) is 0. The lowest BCUT2D eigenvalue weighted by molar-refractivity contribution is 0.0964. The van der Waals surface area contributed by atoms with Gasteiger partial charge in [-0.25, -0.2) is 0 Å². The van der Waals surface area contributed by atoms with Crippen molar-refractivity contribution in [3.8, 4) is 0 Å². The maximum absolute atomic E-state index is 13.3. The fraction of sp³-hybridized carbons (Fsp3) is 0.0455. The molecule has 1 atom stereocenters. The van der Waals surface area contributed by atoms with Crippen LogP contribution in [0.25, 0.3) is 10.9 Å². The van der Waals surface area contributed by atoms with E-state index in [4.69, 9.17) is 0 Å². The fourth-order valence-corrected chi connectivity index (χ4v) is 3.93. The van der Waals surface area contributed by atoms with E-state index >= 15 is 0 Å². The zero-order valence-corrected chi connectivity index (χ0v) is 15.4. The van der Waals surface area contributed by atoms with Crippen molar-refractivity contribution >= 4 is 38.4 Å². The average molecular weight is 403 g/mol. The molecular weight excluding hydrogens is 388 g/mol. The molecule has 4 heteroatoms. The number of halogens is 1. The molecule has 3 nitrogen and oxygen atoms in total. The first-order chi connectivity index (χ1) is 12.7. The number of nitrogens with zero attached hydrogens (tertiary/aromatic N) is 1. The summed E-state index contributed by atoms with van der Waals surface area (Å²) in [6, 6.07) is 26.0. The van der Waals surface area contributed by atoms with E-state index in [-0.39, 0.29) is 11.9 Å². The molecule has 126 valence electrons. The van der Waals surface area contributed by atoms with Crippen LogP contribution in [0.3, 0.4) is 0 Å². The molecule has 26 heavy (non-hydrogen) atoms. The first-order valence-electron chi connectivity index (χ1n) is 8.48. The van der Waals surface area contributed by atoms with Gasteiger partial charge in [0.1, 0.15) is 0 Å². The summed E-state index contributed by atoms with van der Waals surface area (Å²) < 4.78 is 2.88. The lowest BCUT2D eigenvalue weighted by atomic mass is 10.0. The highest BCUT2D eigenvalue weighted by atomic mass is 79.9. The van der Waals surface area contributed by atoms with Crippen molar-refractivity contribution in [2.45, 2.75) is 6.04 Å². The van der Waals surface area contributed by atoms with Crippen LogP contribution in [0.15, 0.2) is 83.3 Å². The van der Waals surface area contributed by atoms with E-state index < -0.39 is 0 Å². The van der Waals surface area contributed by atoms with Crippen molar-refractivity contribution in [1.29, 1.82) is 0 Å². The van der Waals surface area contributed by atoms with Crippen molar-refractivity contribution in [1.82, 2.24) is 4.57 Å². The van der Waals surface area contributed by atoms with Gasteiger partial charge < -0.3 is 5.32 Å². The standard InChI is InChI=1S/C22H15BrN2O/c23-16-11-9-14(10-12-16)21-20-13-15-5-1-4-8-19(15)25(20)22(26)17-6-2-3-7-18(17)24-21/h1-13,21,24H. The Kier molecular flexibility index (Phi) is 3.47. The third-order valence-corrected chi connectivity index (χ3v) is 5.43. The Morgan fingerprint density at radius 3 is 2.46 bits per heavy atom. The van der Waals surface area contributed by atoms with Crippen LogP contribution in [0.5, 0.6) is 0 Å². The fourth-order valence-electron chi connectivity index (χ4n) is 3.67. The maximum atomic E-state index is 13.3. The molecule has 3 aromatic carbocycles. The maximum Gasteiger partial charge on any atom is 0.264 e. The molecule has 0 saturated carbocycles. The molecular formula is C22H15BrN2O. The van der Waals surface area contributed by atoms with Gasteiger partial charge in [-0.3, -0.25) is 9.36 Å². The quantitative estimate of drug-likeness (QED) is 0.449. The molecule has 0 amide bonds. The van der Waals surface area contributed by atoms with E-state index in [0.29, 0.717) is 5.56 Å². The molecule has 1 aliphatic rings. The molecule has 0 aliphatic carbocycles. The molecule has 1 N–H and O–H groups in total. The van der Waals surface area contributed by atoms with Crippen LogP contribution in [-0.2, 0) is 0 Å². The van der Waals surface area contributed by atoms with E-state index in [0.717, 1.165) is 32.3 Å². The number of hydrogen-bond acceptors (Lipinski definition) is 2. The molecule has 1 aromatic heterocycles. The smallest absolute Gasteiger partial charge is 0.264 e. The molecule has 2 heterocycles. The highest BCUT2D eigenvalue weighted by molar-refractivity contribution is 9.10. The minimum absolute atomic E-state index is 0.00362. The second-order valence-electron chi connectivity index (χ2n) is 6.44. The SMILES string of the molecule is O=C1c2ccccc2NC(c2ccc(Br)cc2)c2cc3ccccc3n21. The van der Waals surface area contributed by atoms with Gasteiger partial charge in [0.25, 0.3) is 5.91 Å². The van der Waals surface area contributed by atoms with Crippen LogP contribution < -0.4 is 5.32 Å². The molecule has 0 fully saturated rings. The predicted molar refractivity (Wildman–Crippen MR) is 108 cm³/mol. The number of aromatic nitrogens is 1. The molecule has 4 aromatic rings. The van der Waals surface area contributed by atoms with Crippen molar-refractivity contribution in [3.63, 3.8) is 0 Å². The summed E-state index contributed by atoms with van der Waals surface area (Å²) in [7, 11) is 0. The molecule has 0 radical (unpaired) electrons. The Morgan fingerprint density at radius 1 is 0.885 bits per heavy atom. The summed E-state index contributed by atoms with van der Waals surface area (Å²) in [6.07, 6.45) is 0.